The fraction of sp³-hybridized carbons (Fsp3) is 0.909. The second-order valence-electron chi connectivity index (χ2n) is 4.73. The number of rotatable bonds is 4. The molecule has 0 unspecified atom stereocenters. The van der Waals surface area contributed by atoms with E-state index in [2.05, 4.69) is 5.32 Å². The largest absolute Gasteiger partial charge is 0.388 e. The number of hydrogen-bond acceptors (Lipinski definition) is 4. The quantitative estimate of drug-likeness (QED) is 0.718. The van der Waals surface area contributed by atoms with Crippen LogP contribution in [-0.4, -0.2) is 49.1 Å². The fourth-order valence-electron chi connectivity index (χ4n) is 1.48. The van der Waals surface area contributed by atoms with Gasteiger partial charge in [0.05, 0.1) is 5.60 Å². The summed E-state index contributed by atoms with van der Waals surface area (Å²) in [5.74, 6) is -0.213. The van der Waals surface area contributed by atoms with E-state index in [0.717, 1.165) is 0 Å². The summed E-state index contributed by atoms with van der Waals surface area (Å²) in [4.78, 5) is 11.7. The molecule has 16 heavy (non-hydrogen) atoms. The molecule has 0 aliphatic carbocycles. The van der Waals surface area contributed by atoms with Crippen LogP contribution in [0.15, 0.2) is 0 Å². The van der Waals surface area contributed by atoms with Crippen molar-refractivity contribution in [3.8, 4) is 0 Å². The number of hydrogen-bond donors (Lipinski definition) is 2. The first-order chi connectivity index (χ1) is 7.40. The van der Waals surface area contributed by atoms with E-state index in [1.807, 2.05) is 0 Å². The van der Waals surface area contributed by atoms with E-state index < -0.39 is 11.2 Å². The molecule has 1 aliphatic heterocycles. The van der Waals surface area contributed by atoms with Gasteiger partial charge in [0.2, 0.25) is 0 Å². The summed E-state index contributed by atoms with van der Waals surface area (Å²) in [6, 6.07) is 0. The van der Waals surface area contributed by atoms with E-state index in [1.54, 1.807) is 13.8 Å². The van der Waals surface area contributed by atoms with Gasteiger partial charge in [0.25, 0.3) is 5.91 Å². The Labute approximate surface area is 96.1 Å². The van der Waals surface area contributed by atoms with Crippen LogP contribution in [-0.2, 0) is 14.3 Å². The molecule has 2 N–H and O–H groups in total. The topological polar surface area (TPSA) is 67.8 Å². The molecule has 0 spiro atoms. The van der Waals surface area contributed by atoms with E-state index in [4.69, 9.17) is 9.47 Å². The number of carbonyl (C=O) groups is 1. The first-order valence-corrected chi connectivity index (χ1v) is 5.53. The van der Waals surface area contributed by atoms with Gasteiger partial charge in [-0.15, -0.1) is 0 Å². The Morgan fingerprint density at radius 2 is 2.06 bits per heavy atom. The van der Waals surface area contributed by atoms with Gasteiger partial charge < -0.3 is 19.9 Å². The van der Waals surface area contributed by atoms with Crippen molar-refractivity contribution in [3.63, 3.8) is 0 Å². The molecule has 1 heterocycles. The molecule has 0 aromatic rings. The van der Waals surface area contributed by atoms with Gasteiger partial charge in [-0.25, -0.2) is 0 Å². The molecule has 0 aromatic carbocycles. The van der Waals surface area contributed by atoms with E-state index in [1.165, 1.54) is 7.11 Å². The van der Waals surface area contributed by atoms with Crippen LogP contribution in [0, 0.1) is 0 Å². The van der Waals surface area contributed by atoms with Crippen molar-refractivity contribution in [2.45, 2.75) is 37.9 Å². The molecule has 0 saturated carbocycles. The Morgan fingerprint density at radius 1 is 1.50 bits per heavy atom. The van der Waals surface area contributed by atoms with Gasteiger partial charge >= 0.3 is 0 Å². The molecule has 0 aromatic heterocycles. The minimum Gasteiger partial charge on any atom is -0.388 e. The molecule has 1 fully saturated rings. The highest BCUT2D eigenvalue weighted by atomic mass is 16.5. The zero-order chi connectivity index (χ0) is 12.2. The Bertz CT molecular complexity index is 246. The van der Waals surface area contributed by atoms with Crippen molar-refractivity contribution < 1.29 is 19.4 Å². The van der Waals surface area contributed by atoms with Crippen LogP contribution in [0.1, 0.15) is 26.7 Å². The Morgan fingerprint density at radius 3 is 2.56 bits per heavy atom. The second-order valence-corrected chi connectivity index (χ2v) is 4.73. The maximum absolute atomic E-state index is 11.7. The van der Waals surface area contributed by atoms with Crippen molar-refractivity contribution in [1.29, 1.82) is 0 Å². The summed E-state index contributed by atoms with van der Waals surface area (Å²) in [5.41, 5.74) is -1.70. The smallest absolute Gasteiger partial charge is 0.251 e. The van der Waals surface area contributed by atoms with Gasteiger partial charge in [0, 0.05) is 39.7 Å². The zero-order valence-electron chi connectivity index (χ0n) is 10.2. The predicted octanol–water partition coefficient (Wildman–Crippen LogP) is 0.0691. The number of ether oxygens (including phenoxy) is 2. The van der Waals surface area contributed by atoms with Crippen molar-refractivity contribution in [2.75, 3.05) is 26.9 Å². The number of methoxy groups -OCH3 is 1. The lowest BCUT2D eigenvalue weighted by atomic mass is 9.94. The van der Waals surface area contributed by atoms with Gasteiger partial charge in [-0.1, -0.05) is 0 Å². The first-order valence-electron chi connectivity index (χ1n) is 5.53. The highest BCUT2D eigenvalue weighted by molar-refractivity contribution is 5.84. The minimum absolute atomic E-state index is 0.213. The van der Waals surface area contributed by atoms with Crippen molar-refractivity contribution >= 4 is 5.91 Å². The Kier molecular flexibility index (Phi) is 4.29. The fourth-order valence-corrected chi connectivity index (χ4v) is 1.48. The van der Waals surface area contributed by atoms with E-state index in [9.17, 15) is 9.90 Å². The van der Waals surface area contributed by atoms with Crippen LogP contribution in [0.2, 0.25) is 0 Å². The predicted molar refractivity (Wildman–Crippen MR) is 59.1 cm³/mol. The normalized spacial score (nSPS) is 20.5. The third-order valence-corrected chi connectivity index (χ3v) is 3.06. The highest BCUT2D eigenvalue weighted by Gasteiger charge is 2.33. The molecule has 94 valence electrons. The first kappa shape index (κ1) is 13.4. The average Bonchev–Trinajstić information content (AvgIpc) is 2.27. The SMILES string of the molecule is COC(C)(C)C(=O)NCC1(O)CCOCC1. The maximum Gasteiger partial charge on any atom is 0.251 e. The van der Waals surface area contributed by atoms with Gasteiger partial charge in [-0.2, -0.15) is 0 Å². The molecule has 1 aliphatic rings. The number of nitrogens with one attached hydrogen (secondary N) is 1. The molecule has 5 nitrogen and oxygen atoms in total. The Balaban J connectivity index is 2.41. The van der Waals surface area contributed by atoms with Gasteiger partial charge in [-0.3, -0.25) is 4.79 Å². The van der Waals surface area contributed by atoms with Crippen LogP contribution in [0.25, 0.3) is 0 Å². The van der Waals surface area contributed by atoms with Crippen LogP contribution >= 0.6 is 0 Å². The third kappa shape index (κ3) is 3.43. The standard InChI is InChI=1S/C11H21NO4/c1-10(2,15-3)9(13)12-8-11(14)4-6-16-7-5-11/h14H,4-8H2,1-3H3,(H,12,13). The van der Waals surface area contributed by atoms with Gasteiger partial charge in [-0.05, 0) is 13.8 Å². The summed E-state index contributed by atoms with van der Waals surface area (Å²) in [6.07, 6.45) is 1.11. The van der Waals surface area contributed by atoms with Crippen LogP contribution < -0.4 is 5.32 Å². The molecule has 0 atom stereocenters. The lowest BCUT2D eigenvalue weighted by Crippen LogP contribution is -2.51. The highest BCUT2D eigenvalue weighted by Crippen LogP contribution is 2.19. The number of aliphatic hydroxyl groups is 1. The summed E-state index contributed by atoms with van der Waals surface area (Å²) in [6.45, 7) is 4.72. The van der Waals surface area contributed by atoms with Crippen molar-refractivity contribution in [1.82, 2.24) is 5.32 Å². The summed E-state index contributed by atoms with van der Waals surface area (Å²) >= 11 is 0. The van der Waals surface area contributed by atoms with Crippen LogP contribution in [0.3, 0.4) is 0 Å². The number of amides is 1. The summed E-state index contributed by atoms with van der Waals surface area (Å²) in [5, 5.41) is 12.8. The van der Waals surface area contributed by atoms with E-state index >= 15 is 0 Å². The molecule has 5 heteroatoms. The molecule has 1 amide bonds. The van der Waals surface area contributed by atoms with E-state index in [0.29, 0.717) is 26.1 Å². The molecule has 1 saturated heterocycles. The van der Waals surface area contributed by atoms with Crippen molar-refractivity contribution in [3.05, 3.63) is 0 Å². The number of carbonyl (C=O) groups excluding carboxylic acids is 1. The molecular weight excluding hydrogens is 210 g/mol. The van der Waals surface area contributed by atoms with Gasteiger partial charge in [0.1, 0.15) is 5.60 Å². The van der Waals surface area contributed by atoms with Crippen molar-refractivity contribution in [2.24, 2.45) is 0 Å². The summed E-state index contributed by atoms with van der Waals surface area (Å²) < 4.78 is 10.2. The minimum atomic E-state index is -0.860. The average molecular weight is 231 g/mol. The van der Waals surface area contributed by atoms with Gasteiger partial charge in [0.15, 0.2) is 0 Å². The molecule has 0 radical (unpaired) electrons. The van der Waals surface area contributed by atoms with Crippen LogP contribution in [0.4, 0.5) is 0 Å². The second kappa shape index (κ2) is 5.12. The molecular formula is C11H21NO4. The molecule has 1 rings (SSSR count). The lowest BCUT2D eigenvalue weighted by molar-refractivity contribution is -0.141. The molecule has 0 bridgehead atoms. The van der Waals surface area contributed by atoms with E-state index in [-0.39, 0.29) is 12.5 Å². The maximum atomic E-state index is 11.7. The summed E-state index contributed by atoms with van der Waals surface area (Å²) in [7, 11) is 1.49. The monoisotopic (exact) mass is 231 g/mol. The Hall–Kier alpha value is -0.650. The third-order valence-electron chi connectivity index (χ3n) is 3.06. The zero-order valence-corrected chi connectivity index (χ0v) is 10.2. The van der Waals surface area contributed by atoms with Crippen LogP contribution in [0.5, 0.6) is 0 Å². The lowest BCUT2D eigenvalue weighted by Gasteiger charge is -2.33.